The molecule has 0 aliphatic carbocycles. The van der Waals surface area contributed by atoms with Crippen molar-refractivity contribution in [2.75, 3.05) is 27.2 Å². The number of hydrogen-bond acceptors (Lipinski definition) is 3. The van der Waals surface area contributed by atoms with Crippen molar-refractivity contribution in [2.45, 2.75) is 13.3 Å². The van der Waals surface area contributed by atoms with Crippen molar-refractivity contribution in [1.29, 1.82) is 0 Å². The Bertz CT molecular complexity index is 328. The third-order valence-corrected chi connectivity index (χ3v) is 3.25. The Kier molecular flexibility index (Phi) is 7.38. The molecule has 0 bridgehead atoms. The smallest absolute Gasteiger partial charge is 0.227 e. The van der Waals surface area contributed by atoms with Gasteiger partial charge in [0.15, 0.2) is 0 Å². The lowest BCUT2D eigenvalue weighted by Gasteiger charge is -2.16. The predicted molar refractivity (Wildman–Crippen MR) is 71.6 cm³/mol. The van der Waals surface area contributed by atoms with E-state index < -0.39 is 0 Å². The molecule has 0 spiro atoms. The summed E-state index contributed by atoms with van der Waals surface area (Å²) in [5, 5.41) is 3.03. The van der Waals surface area contributed by atoms with Gasteiger partial charge in [0.05, 0.1) is 6.42 Å². The number of aryl methyl sites for hydroxylation is 1. The van der Waals surface area contributed by atoms with Crippen molar-refractivity contribution in [2.24, 2.45) is 0 Å². The molecule has 0 fully saturated rings. The van der Waals surface area contributed by atoms with Crippen molar-refractivity contribution >= 4 is 29.7 Å². The van der Waals surface area contributed by atoms with E-state index in [0.717, 1.165) is 18.0 Å². The van der Waals surface area contributed by atoms with E-state index in [2.05, 4.69) is 18.3 Å². The molecule has 1 rings (SSSR count). The molecule has 1 aromatic rings. The fourth-order valence-corrected chi connectivity index (χ4v) is 2.15. The molecule has 0 saturated heterocycles. The summed E-state index contributed by atoms with van der Waals surface area (Å²) >= 11 is 1.69. The number of amides is 1. The molecule has 0 aliphatic heterocycles. The summed E-state index contributed by atoms with van der Waals surface area (Å²) in [4.78, 5) is 15.9. The Morgan fingerprint density at radius 3 is 2.69 bits per heavy atom. The van der Waals surface area contributed by atoms with E-state index in [1.807, 2.05) is 20.2 Å². The van der Waals surface area contributed by atoms with Gasteiger partial charge in [-0.2, -0.15) is 0 Å². The second-order valence-corrected chi connectivity index (χ2v) is 4.98. The molecular formula is C11H19ClN2OS. The van der Waals surface area contributed by atoms with Gasteiger partial charge >= 0.3 is 0 Å². The largest absolute Gasteiger partial charge is 0.344 e. The zero-order chi connectivity index (χ0) is 11.3. The Morgan fingerprint density at radius 2 is 2.19 bits per heavy atom. The third-order valence-electron chi connectivity index (χ3n) is 2.24. The van der Waals surface area contributed by atoms with Gasteiger partial charge in [0.25, 0.3) is 0 Å². The molecule has 5 heteroatoms. The van der Waals surface area contributed by atoms with Crippen molar-refractivity contribution < 1.29 is 4.79 Å². The molecule has 1 aromatic heterocycles. The Hall–Kier alpha value is -0.580. The summed E-state index contributed by atoms with van der Waals surface area (Å²) in [5.41, 5.74) is 0. The highest BCUT2D eigenvalue weighted by atomic mass is 35.5. The van der Waals surface area contributed by atoms with Crippen LogP contribution in [-0.2, 0) is 11.2 Å². The van der Waals surface area contributed by atoms with Crippen molar-refractivity contribution in [1.82, 2.24) is 10.2 Å². The van der Waals surface area contributed by atoms with Gasteiger partial charge < -0.3 is 10.2 Å². The van der Waals surface area contributed by atoms with Crippen molar-refractivity contribution in [3.05, 3.63) is 21.9 Å². The van der Waals surface area contributed by atoms with Crippen LogP contribution in [0, 0.1) is 6.92 Å². The molecule has 1 N–H and O–H groups in total. The van der Waals surface area contributed by atoms with Crippen molar-refractivity contribution in [3.8, 4) is 0 Å². The average Bonchev–Trinajstić information content (AvgIpc) is 2.60. The molecule has 16 heavy (non-hydrogen) atoms. The Morgan fingerprint density at radius 1 is 1.50 bits per heavy atom. The van der Waals surface area contributed by atoms with Crippen LogP contribution in [0.15, 0.2) is 12.1 Å². The van der Waals surface area contributed by atoms with Gasteiger partial charge in [0.1, 0.15) is 0 Å². The number of halogens is 1. The van der Waals surface area contributed by atoms with Crippen LogP contribution in [0.5, 0.6) is 0 Å². The standard InChI is InChI=1S/C11H18N2OS.ClH/c1-9-4-5-10(15-9)8-11(14)13(3)7-6-12-2;/h4-5,12H,6-8H2,1-3H3;1H. The normalized spacial score (nSPS) is 9.69. The molecule has 92 valence electrons. The molecule has 0 aliphatic rings. The average molecular weight is 263 g/mol. The first-order valence-corrected chi connectivity index (χ1v) is 5.89. The molecule has 0 atom stereocenters. The van der Waals surface area contributed by atoms with Gasteiger partial charge in [0, 0.05) is 29.9 Å². The maximum absolute atomic E-state index is 11.7. The first-order valence-electron chi connectivity index (χ1n) is 5.07. The highest BCUT2D eigenvalue weighted by Crippen LogP contribution is 2.15. The Labute approximate surface area is 107 Å². The number of nitrogens with one attached hydrogen (secondary N) is 1. The van der Waals surface area contributed by atoms with Crippen LogP contribution in [0.4, 0.5) is 0 Å². The van der Waals surface area contributed by atoms with Gasteiger partial charge in [-0.1, -0.05) is 0 Å². The van der Waals surface area contributed by atoms with Gasteiger partial charge in [-0.05, 0) is 26.1 Å². The lowest BCUT2D eigenvalue weighted by Crippen LogP contribution is -2.33. The van der Waals surface area contributed by atoms with Gasteiger partial charge in [-0.25, -0.2) is 0 Å². The molecule has 1 amide bonds. The summed E-state index contributed by atoms with van der Waals surface area (Å²) in [6.45, 7) is 3.66. The fourth-order valence-electron chi connectivity index (χ4n) is 1.27. The zero-order valence-electron chi connectivity index (χ0n) is 9.95. The number of nitrogens with zero attached hydrogens (tertiary/aromatic N) is 1. The number of hydrogen-bond donors (Lipinski definition) is 1. The van der Waals surface area contributed by atoms with Crippen LogP contribution in [0.25, 0.3) is 0 Å². The van der Waals surface area contributed by atoms with Crippen LogP contribution in [-0.4, -0.2) is 38.0 Å². The van der Waals surface area contributed by atoms with E-state index in [9.17, 15) is 4.79 Å². The van der Waals surface area contributed by atoms with E-state index in [4.69, 9.17) is 0 Å². The molecule has 3 nitrogen and oxygen atoms in total. The minimum absolute atomic E-state index is 0. The second-order valence-electron chi connectivity index (χ2n) is 3.61. The van der Waals surface area contributed by atoms with Crippen LogP contribution < -0.4 is 5.32 Å². The third kappa shape index (κ3) is 4.96. The van der Waals surface area contributed by atoms with E-state index in [-0.39, 0.29) is 18.3 Å². The van der Waals surface area contributed by atoms with E-state index >= 15 is 0 Å². The van der Waals surface area contributed by atoms with E-state index in [1.54, 1.807) is 16.2 Å². The molecule has 0 radical (unpaired) electrons. The summed E-state index contributed by atoms with van der Waals surface area (Å²) in [6.07, 6.45) is 0.527. The molecule has 0 saturated carbocycles. The van der Waals surface area contributed by atoms with Gasteiger partial charge in [-0.15, -0.1) is 23.7 Å². The molecule has 0 unspecified atom stereocenters. The number of carbonyl (C=O) groups is 1. The van der Waals surface area contributed by atoms with Gasteiger partial charge in [-0.3, -0.25) is 4.79 Å². The second kappa shape index (κ2) is 7.65. The first-order chi connectivity index (χ1) is 7.13. The van der Waals surface area contributed by atoms with E-state index in [0.29, 0.717) is 6.42 Å². The molecule has 1 heterocycles. The van der Waals surface area contributed by atoms with Crippen LogP contribution in [0.2, 0.25) is 0 Å². The fraction of sp³-hybridized carbons (Fsp3) is 0.545. The summed E-state index contributed by atoms with van der Waals surface area (Å²) in [6, 6.07) is 4.09. The molecular weight excluding hydrogens is 244 g/mol. The quantitative estimate of drug-likeness (QED) is 0.876. The minimum Gasteiger partial charge on any atom is -0.344 e. The summed E-state index contributed by atoms with van der Waals surface area (Å²) in [7, 11) is 3.74. The maximum atomic E-state index is 11.7. The molecule has 0 aromatic carbocycles. The lowest BCUT2D eigenvalue weighted by atomic mass is 10.3. The lowest BCUT2D eigenvalue weighted by molar-refractivity contribution is -0.129. The van der Waals surface area contributed by atoms with Gasteiger partial charge in [0.2, 0.25) is 5.91 Å². The van der Waals surface area contributed by atoms with Crippen LogP contribution in [0.3, 0.4) is 0 Å². The number of thiophene rings is 1. The highest BCUT2D eigenvalue weighted by Gasteiger charge is 2.09. The predicted octanol–water partition coefficient (Wildman–Crippen LogP) is 1.70. The summed E-state index contributed by atoms with van der Waals surface area (Å²) < 4.78 is 0. The zero-order valence-corrected chi connectivity index (χ0v) is 11.6. The number of rotatable bonds is 5. The van der Waals surface area contributed by atoms with E-state index in [1.165, 1.54) is 4.88 Å². The maximum Gasteiger partial charge on any atom is 0.227 e. The van der Waals surface area contributed by atoms with Crippen LogP contribution in [0.1, 0.15) is 9.75 Å². The monoisotopic (exact) mass is 262 g/mol. The minimum atomic E-state index is 0. The first kappa shape index (κ1) is 15.4. The SMILES string of the molecule is CNCCN(C)C(=O)Cc1ccc(C)s1.Cl. The topological polar surface area (TPSA) is 32.3 Å². The number of likely N-dealkylation sites (N-methyl/N-ethyl adjacent to an activating group) is 2. The highest BCUT2D eigenvalue weighted by molar-refractivity contribution is 7.12. The summed E-state index contributed by atoms with van der Waals surface area (Å²) in [5.74, 6) is 0.187. The Balaban J connectivity index is 0.00000225. The van der Waals surface area contributed by atoms with Crippen LogP contribution >= 0.6 is 23.7 Å². The number of carbonyl (C=O) groups excluding carboxylic acids is 1. The van der Waals surface area contributed by atoms with Crippen molar-refractivity contribution in [3.63, 3.8) is 0 Å².